The molecule has 2 aromatic rings. The van der Waals surface area contributed by atoms with Crippen molar-refractivity contribution in [3.8, 4) is 0 Å². The van der Waals surface area contributed by atoms with Crippen molar-refractivity contribution in [2.45, 2.75) is 13.5 Å². The van der Waals surface area contributed by atoms with Crippen LogP contribution in [0.15, 0.2) is 28.9 Å². The molecule has 0 atom stereocenters. The molecule has 3 heterocycles. The number of ether oxygens (including phenoxy) is 1. The number of nitrogens with one attached hydrogen (secondary N) is 1. The number of amides is 1. The Bertz CT molecular complexity index is 636. The zero-order valence-electron chi connectivity index (χ0n) is 12.4. The second-order valence-corrected chi connectivity index (χ2v) is 5.02. The normalized spacial score (nSPS) is 14.9. The molecule has 1 aliphatic heterocycles. The summed E-state index contributed by atoms with van der Waals surface area (Å²) in [6.07, 6.45) is 1.58. The molecule has 1 aliphatic rings. The van der Waals surface area contributed by atoms with Gasteiger partial charge >= 0.3 is 0 Å². The van der Waals surface area contributed by atoms with Crippen LogP contribution < -0.4 is 10.2 Å². The Labute approximate surface area is 128 Å². The van der Waals surface area contributed by atoms with Gasteiger partial charge in [-0.3, -0.25) is 4.79 Å². The average molecular weight is 302 g/mol. The van der Waals surface area contributed by atoms with Crippen LogP contribution in [0.3, 0.4) is 0 Å². The molecule has 1 amide bonds. The van der Waals surface area contributed by atoms with Crippen LogP contribution in [0, 0.1) is 6.92 Å². The molecular formula is C15H18N4O3. The molecule has 1 fully saturated rings. The zero-order valence-corrected chi connectivity index (χ0v) is 12.4. The van der Waals surface area contributed by atoms with E-state index in [2.05, 4.69) is 20.2 Å². The van der Waals surface area contributed by atoms with Crippen molar-refractivity contribution in [2.24, 2.45) is 0 Å². The molecule has 1 saturated heterocycles. The number of nitrogens with zero attached hydrogens (tertiary/aromatic N) is 3. The van der Waals surface area contributed by atoms with E-state index in [1.54, 1.807) is 25.3 Å². The molecule has 2 aromatic heterocycles. The maximum atomic E-state index is 12.2. The highest BCUT2D eigenvalue weighted by Gasteiger charge is 2.16. The van der Waals surface area contributed by atoms with Gasteiger partial charge in [0.25, 0.3) is 5.91 Å². The zero-order chi connectivity index (χ0) is 15.4. The predicted octanol–water partition coefficient (Wildman–Crippen LogP) is 1.14. The Morgan fingerprint density at radius 3 is 2.91 bits per heavy atom. The summed E-state index contributed by atoms with van der Waals surface area (Å²) in [5.74, 6) is 1.80. The third-order valence-corrected chi connectivity index (χ3v) is 3.40. The number of morpholine rings is 1. The Kier molecular flexibility index (Phi) is 4.34. The van der Waals surface area contributed by atoms with Gasteiger partial charge in [-0.25, -0.2) is 9.97 Å². The second-order valence-electron chi connectivity index (χ2n) is 5.02. The number of aromatic nitrogens is 2. The third-order valence-electron chi connectivity index (χ3n) is 3.40. The number of aryl methyl sites for hydroxylation is 1. The number of hydrogen-bond acceptors (Lipinski definition) is 6. The maximum Gasteiger partial charge on any atom is 0.270 e. The van der Waals surface area contributed by atoms with Crippen LogP contribution in [0.1, 0.15) is 22.1 Å². The summed E-state index contributed by atoms with van der Waals surface area (Å²) in [4.78, 5) is 23.0. The van der Waals surface area contributed by atoms with Gasteiger partial charge in [0, 0.05) is 19.2 Å². The quantitative estimate of drug-likeness (QED) is 0.912. The monoisotopic (exact) mass is 302 g/mol. The van der Waals surface area contributed by atoms with Crippen LogP contribution in [0.5, 0.6) is 0 Å². The topological polar surface area (TPSA) is 80.5 Å². The third kappa shape index (κ3) is 3.43. The number of furan rings is 1. The first-order valence-corrected chi connectivity index (χ1v) is 7.21. The molecule has 116 valence electrons. The summed E-state index contributed by atoms with van der Waals surface area (Å²) in [6, 6.07) is 5.31. The van der Waals surface area contributed by atoms with Gasteiger partial charge in [-0.1, -0.05) is 0 Å². The first-order valence-electron chi connectivity index (χ1n) is 7.21. The van der Waals surface area contributed by atoms with Gasteiger partial charge in [0.15, 0.2) is 0 Å². The smallest absolute Gasteiger partial charge is 0.270 e. The Balaban J connectivity index is 1.72. The summed E-state index contributed by atoms with van der Waals surface area (Å²) in [7, 11) is 0. The molecule has 0 spiro atoms. The first kappa shape index (κ1) is 14.5. The average Bonchev–Trinajstić information content (AvgIpc) is 3.06. The van der Waals surface area contributed by atoms with Crippen LogP contribution in [0.2, 0.25) is 0 Å². The number of carbonyl (C=O) groups is 1. The van der Waals surface area contributed by atoms with Gasteiger partial charge in [-0.2, -0.15) is 0 Å². The fraction of sp³-hybridized carbons (Fsp3) is 0.400. The summed E-state index contributed by atoms with van der Waals surface area (Å²) >= 11 is 0. The molecule has 0 aromatic carbocycles. The molecule has 22 heavy (non-hydrogen) atoms. The summed E-state index contributed by atoms with van der Waals surface area (Å²) in [5, 5.41) is 2.79. The van der Waals surface area contributed by atoms with Gasteiger partial charge in [-0.05, 0) is 19.1 Å². The number of rotatable bonds is 4. The second kappa shape index (κ2) is 6.57. The standard InChI is InChI=1S/C15H18N4O3/c1-11-17-13(15(20)16-10-12-3-2-6-22-12)9-14(18-11)19-4-7-21-8-5-19/h2-3,6,9H,4-5,7-8,10H2,1H3,(H,16,20). The van der Waals surface area contributed by atoms with Gasteiger partial charge in [-0.15, -0.1) is 0 Å². The fourth-order valence-electron chi connectivity index (χ4n) is 2.29. The summed E-state index contributed by atoms with van der Waals surface area (Å²) in [5.41, 5.74) is 0.362. The van der Waals surface area contributed by atoms with E-state index in [0.29, 0.717) is 37.0 Å². The predicted molar refractivity (Wildman–Crippen MR) is 79.7 cm³/mol. The molecule has 7 nitrogen and oxygen atoms in total. The van der Waals surface area contributed by atoms with Crippen molar-refractivity contribution < 1.29 is 13.9 Å². The maximum absolute atomic E-state index is 12.2. The van der Waals surface area contributed by atoms with Gasteiger partial charge in [0.05, 0.1) is 26.0 Å². The van der Waals surface area contributed by atoms with Gasteiger partial charge < -0.3 is 19.4 Å². The number of anilines is 1. The molecule has 0 unspecified atom stereocenters. The van der Waals surface area contributed by atoms with E-state index < -0.39 is 0 Å². The van der Waals surface area contributed by atoms with Crippen molar-refractivity contribution in [1.29, 1.82) is 0 Å². The van der Waals surface area contributed by atoms with Crippen LogP contribution >= 0.6 is 0 Å². The van der Waals surface area contributed by atoms with E-state index in [1.165, 1.54) is 0 Å². The number of hydrogen-bond donors (Lipinski definition) is 1. The molecular weight excluding hydrogens is 284 g/mol. The van der Waals surface area contributed by atoms with E-state index in [-0.39, 0.29) is 5.91 Å². The SMILES string of the molecule is Cc1nc(C(=O)NCc2ccco2)cc(N2CCOCC2)n1. The van der Waals surface area contributed by atoms with E-state index >= 15 is 0 Å². The van der Waals surface area contributed by atoms with Gasteiger partial charge in [0.1, 0.15) is 23.1 Å². The van der Waals surface area contributed by atoms with Crippen molar-refractivity contribution in [2.75, 3.05) is 31.2 Å². The Morgan fingerprint density at radius 2 is 2.18 bits per heavy atom. The van der Waals surface area contributed by atoms with Gasteiger partial charge in [0.2, 0.25) is 0 Å². The van der Waals surface area contributed by atoms with E-state index in [1.807, 2.05) is 6.07 Å². The largest absolute Gasteiger partial charge is 0.467 e. The lowest BCUT2D eigenvalue weighted by Crippen LogP contribution is -2.37. The molecule has 0 radical (unpaired) electrons. The summed E-state index contributed by atoms with van der Waals surface area (Å²) < 4.78 is 10.5. The van der Waals surface area contributed by atoms with E-state index in [0.717, 1.165) is 18.9 Å². The lowest BCUT2D eigenvalue weighted by molar-refractivity contribution is 0.0942. The van der Waals surface area contributed by atoms with E-state index in [9.17, 15) is 4.79 Å². The van der Waals surface area contributed by atoms with Crippen LogP contribution in [-0.2, 0) is 11.3 Å². The highest BCUT2D eigenvalue weighted by atomic mass is 16.5. The van der Waals surface area contributed by atoms with Crippen molar-refractivity contribution >= 4 is 11.7 Å². The van der Waals surface area contributed by atoms with Crippen molar-refractivity contribution in [3.05, 3.63) is 41.7 Å². The molecule has 0 saturated carbocycles. The minimum atomic E-state index is -0.239. The minimum Gasteiger partial charge on any atom is -0.467 e. The molecule has 0 aliphatic carbocycles. The lowest BCUT2D eigenvalue weighted by Gasteiger charge is -2.28. The Hall–Kier alpha value is -2.41. The van der Waals surface area contributed by atoms with E-state index in [4.69, 9.17) is 9.15 Å². The van der Waals surface area contributed by atoms with Crippen LogP contribution in [0.4, 0.5) is 5.82 Å². The minimum absolute atomic E-state index is 0.239. The van der Waals surface area contributed by atoms with Crippen molar-refractivity contribution in [3.63, 3.8) is 0 Å². The van der Waals surface area contributed by atoms with Crippen molar-refractivity contribution in [1.82, 2.24) is 15.3 Å². The molecule has 1 N–H and O–H groups in total. The highest BCUT2D eigenvalue weighted by molar-refractivity contribution is 5.92. The first-order chi connectivity index (χ1) is 10.7. The van der Waals surface area contributed by atoms with Crippen LogP contribution in [-0.4, -0.2) is 42.2 Å². The Morgan fingerprint density at radius 1 is 1.36 bits per heavy atom. The molecule has 3 rings (SSSR count). The van der Waals surface area contributed by atoms with Crippen LogP contribution in [0.25, 0.3) is 0 Å². The number of carbonyl (C=O) groups excluding carboxylic acids is 1. The fourth-order valence-corrected chi connectivity index (χ4v) is 2.29. The summed E-state index contributed by atoms with van der Waals surface area (Å²) in [6.45, 7) is 5.00. The highest BCUT2D eigenvalue weighted by Crippen LogP contribution is 2.14. The lowest BCUT2D eigenvalue weighted by atomic mass is 10.3. The molecule has 7 heteroatoms. The molecule has 0 bridgehead atoms.